The first-order chi connectivity index (χ1) is 9.76. The average Bonchev–Trinajstić information content (AvgIpc) is 2.23. The molecule has 0 radical (unpaired) electrons. The maximum absolute atomic E-state index is 9.42. The summed E-state index contributed by atoms with van der Waals surface area (Å²) >= 11 is 0. The average molecular weight is 323 g/mol. The summed E-state index contributed by atoms with van der Waals surface area (Å²) in [7, 11) is -1.74. The van der Waals surface area contributed by atoms with Crippen molar-refractivity contribution in [2.75, 3.05) is 0 Å². The molecule has 0 amide bonds. The Morgan fingerprint density at radius 1 is 1.32 bits per heavy atom. The second-order valence-corrected chi connectivity index (χ2v) is 13.6. The highest BCUT2D eigenvalue weighted by Gasteiger charge is 2.42. The van der Waals surface area contributed by atoms with Crippen molar-refractivity contribution >= 4 is 8.32 Å². The van der Waals surface area contributed by atoms with E-state index in [0.29, 0.717) is 0 Å². The monoisotopic (exact) mass is 322 g/mol. The van der Waals surface area contributed by atoms with Crippen LogP contribution in [-0.4, -0.2) is 25.6 Å². The molecule has 1 aliphatic rings. The molecule has 2 atom stereocenters. The van der Waals surface area contributed by atoms with E-state index in [2.05, 4.69) is 66.5 Å². The minimum Gasteiger partial charge on any atom is -0.414 e. The Morgan fingerprint density at radius 3 is 2.27 bits per heavy atom. The second kappa shape index (κ2) is 6.51. The Morgan fingerprint density at radius 2 is 1.86 bits per heavy atom. The standard InChI is InChI=1S/C19H34O2Si/c1-14-12-16(21-22(8,9)18(3,4)5)13-19(6,7)17(14)11-10-15(2)20/h15-16,20H,12-13H2,1-9H3/t15-,16+/m0/s1. The van der Waals surface area contributed by atoms with Gasteiger partial charge in [-0.1, -0.05) is 52.0 Å². The third kappa shape index (κ3) is 4.71. The quantitative estimate of drug-likeness (QED) is 0.579. The van der Waals surface area contributed by atoms with Crippen LogP contribution in [0, 0.1) is 17.3 Å². The normalized spacial score (nSPS) is 23.8. The van der Waals surface area contributed by atoms with Crippen LogP contribution in [0.25, 0.3) is 0 Å². The van der Waals surface area contributed by atoms with E-state index in [4.69, 9.17) is 4.43 Å². The van der Waals surface area contributed by atoms with E-state index in [1.165, 1.54) is 11.1 Å². The smallest absolute Gasteiger partial charge is 0.192 e. The first kappa shape index (κ1) is 19.5. The van der Waals surface area contributed by atoms with Crippen LogP contribution in [0.2, 0.25) is 18.1 Å². The molecule has 0 aromatic heterocycles. The van der Waals surface area contributed by atoms with Crippen molar-refractivity contribution in [3.8, 4) is 11.8 Å². The molecule has 0 saturated heterocycles. The van der Waals surface area contributed by atoms with Crippen LogP contribution >= 0.6 is 0 Å². The zero-order valence-corrected chi connectivity index (χ0v) is 16.9. The zero-order valence-electron chi connectivity index (χ0n) is 15.9. The minimum absolute atomic E-state index is 0.0112. The lowest BCUT2D eigenvalue weighted by Gasteiger charge is -2.44. The van der Waals surface area contributed by atoms with Gasteiger partial charge in [0.05, 0.1) is 0 Å². The van der Waals surface area contributed by atoms with Crippen LogP contribution in [0.4, 0.5) is 0 Å². The van der Waals surface area contributed by atoms with Crippen molar-refractivity contribution < 1.29 is 9.53 Å². The molecule has 0 aromatic rings. The van der Waals surface area contributed by atoms with Gasteiger partial charge in [-0.15, -0.1) is 0 Å². The van der Waals surface area contributed by atoms with Crippen molar-refractivity contribution in [3.05, 3.63) is 11.1 Å². The lowest BCUT2D eigenvalue weighted by Crippen LogP contribution is -2.46. The van der Waals surface area contributed by atoms with Crippen LogP contribution in [0.15, 0.2) is 11.1 Å². The fourth-order valence-corrected chi connectivity index (χ4v) is 4.25. The molecule has 0 spiro atoms. The van der Waals surface area contributed by atoms with Gasteiger partial charge in [-0.25, -0.2) is 0 Å². The minimum atomic E-state index is -1.74. The summed E-state index contributed by atoms with van der Waals surface area (Å²) in [4.78, 5) is 0. The second-order valence-electron chi connectivity index (χ2n) is 8.89. The van der Waals surface area contributed by atoms with Gasteiger partial charge in [0, 0.05) is 11.7 Å². The molecule has 0 aliphatic heterocycles. The van der Waals surface area contributed by atoms with E-state index < -0.39 is 14.4 Å². The van der Waals surface area contributed by atoms with Crippen LogP contribution < -0.4 is 0 Å². The van der Waals surface area contributed by atoms with E-state index in [9.17, 15) is 5.11 Å². The molecule has 0 heterocycles. The summed E-state index contributed by atoms with van der Waals surface area (Å²) in [6.45, 7) is 19.9. The highest BCUT2D eigenvalue weighted by Crippen LogP contribution is 2.44. The van der Waals surface area contributed by atoms with E-state index in [0.717, 1.165) is 12.8 Å². The summed E-state index contributed by atoms with van der Waals surface area (Å²) in [5.74, 6) is 6.11. The van der Waals surface area contributed by atoms with Gasteiger partial charge >= 0.3 is 0 Å². The summed E-state index contributed by atoms with van der Waals surface area (Å²) < 4.78 is 6.63. The molecule has 2 nitrogen and oxygen atoms in total. The van der Waals surface area contributed by atoms with Crippen molar-refractivity contribution in [2.24, 2.45) is 5.41 Å². The molecule has 126 valence electrons. The summed E-state index contributed by atoms with van der Waals surface area (Å²) in [5.41, 5.74) is 2.51. The predicted molar refractivity (Wildman–Crippen MR) is 97.2 cm³/mol. The molecule has 1 aliphatic carbocycles. The van der Waals surface area contributed by atoms with Gasteiger partial charge in [0.2, 0.25) is 0 Å². The molecule has 1 rings (SSSR count). The molecule has 0 saturated carbocycles. The molecule has 1 N–H and O–H groups in total. The lowest BCUT2D eigenvalue weighted by atomic mass is 9.72. The van der Waals surface area contributed by atoms with Crippen LogP contribution in [0.3, 0.4) is 0 Å². The number of aliphatic hydroxyl groups is 1. The number of rotatable bonds is 2. The number of hydrogen-bond acceptors (Lipinski definition) is 2. The molecule has 3 heteroatoms. The van der Waals surface area contributed by atoms with Gasteiger partial charge in [-0.3, -0.25) is 0 Å². The number of allylic oxidation sites excluding steroid dienone is 1. The van der Waals surface area contributed by atoms with E-state index in [1.807, 2.05) is 0 Å². The Kier molecular flexibility index (Phi) is 5.77. The Hall–Kier alpha value is -0.563. The van der Waals surface area contributed by atoms with Gasteiger partial charge in [0.1, 0.15) is 6.10 Å². The molecule has 0 fully saturated rings. The summed E-state index contributed by atoms with van der Waals surface area (Å²) in [5, 5.41) is 9.66. The molecule has 0 unspecified atom stereocenters. The fourth-order valence-electron chi connectivity index (χ4n) is 2.89. The van der Waals surface area contributed by atoms with Gasteiger partial charge in [-0.2, -0.15) is 0 Å². The van der Waals surface area contributed by atoms with E-state index >= 15 is 0 Å². The van der Waals surface area contributed by atoms with Crippen molar-refractivity contribution in [3.63, 3.8) is 0 Å². The Labute approximate surface area is 138 Å². The largest absolute Gasteiger partial charge is 0.414 e. The molecule has 0 bridgehead atoms. The predicted octanol–water partition coefficient (Wildman–Crippen LogP) is 4.90. The van der Waals surface area contributed by atoms with Gasteiger partial charge in [-0.05, 0) is 50.2 Å². The summed E-state index contributed by atoms with van der Waals surface area (Å²) in [6.07, 6.45) is 1.67. The van der Waals surface area contributed by atoms with Gasteiger partial charge in [0.25, 0.3) is 0 Å². The van der Waals surface area contributed by atoms with E-state index in [1.54, 1.807) is 6.92 Å². The molecule has 22 heavy (non-hydrogen) atoms. The SMILES string of the molecule is CC1=C(C#C[C@H](C)O)C(C)(C)C[C@H](O[Si](C)(C)C(C)(C)C)C1. The third-order valence-electron chi connectivity index (χ3n) is 5.05. The first-order valence-corrected chi connectivity index (χ1v) is 11.2. The van der Waals surface area contributed by atoms with Crippen LogP contribution in [0.5, 0.6) is 0 Å². The highest BCUT2D eigenvalue weighted by molar-refractivity contribution is 6.74. The highest BCUT2D eigenvalue weighted by atomic mass is 28.4. The van der Waals surface area contributed by atoms with Gasteiger partial charge < -0.3 is 9.53 Å². The van der Waals surface area contributed by atoms with Crippen LogP contribution in [0.1, 0.15) is 61.3 Å². The Balaban J connectivity index is 3.00. The summed E-state index contributed by atoms with van der Waals surface area (Å²) in [6, 6.07) is 0. The number of hydrogen-bond donors (Lipinski definition) is 1. The zero-order chi connectivity index (χ0) is 17.3. The topological polar surface area (TPSA) is 29.5 Å². The van der Waals surface area contributed by atoms with Crippen molar-refractivity contribution in [1.82, 2.24) is 0 Å². The van der Waals surface area contributed by atoms with Crippen molar-refractivity contribution in [1.29, 1.82) is 0 Å². The van der Waals surface area contributed by atoms with Crippen molar-refractivity contribution in [2.45, 2.75) is 91.6 Å². The third-order valence-corrected chi connectivity index (χ3v) is 9.58. The van der Waals surface area contributed by atoms with E-state index in [-0.39, 0.29) is 16.6 Å². The molecular formula is C19H34O2Si. The maximum atomic E-state index is 9.42. The molecule has 0 aromatic carbocycles. The molecular weight excluding hydrogens is 288 g/mol. The lowest BCUT2D eigenvalue weighted by molar-refractivity contribution is 0.124. The fraction of sp³-hybridized carbons (Fsp3) is 0.789. The van der Waals surface area contributed by atoms with Gasteiger partial charge in [0.15, 0.2) is 8.32 Å². The number of aliphatic hydroxyl groups excluding tert-OH is 1. The Bertz CT molecular complexity index is 496. The first-order valence-electron chi connectivity index (χ1n) is 8.34. The van der Waals surface area contributed by atoms with Crippen LogP contribution in [-0.2, 0) is 4.43 Å². The maximum Gasteiger partial charge on any atom is 0.192 e.